The third kappa shape index (κ3) is 4.89. The van der Waals surface area contributed by atoms with E-state index in [9.17, 15) is 19.5 Å². The molecule has 1 heterocycles. The van der Waals surface area contributed by atoms with Gasteiger partial charge in [-0.3, -0.25) is 4.79 Å². The Balaban J connectivity index is 2.76. The van der Waals surface area contributed by atoms with Crippen molar-refractivity contribution in [3.63, 3.8) is 0 Å². The summed E-state index contributed by atoms with van der Waals surface area (Å²) in [4.78, 5) is 36.1. The lowest BCUT2D eigenvalue weighted by molar-refractivity contribution is -0.148. The summed E-state index contributed by atoms with van der Waals surface area (Å²) in [6, 6.07) is -0.577. The van der Waals surface area contributed by atoms with Gasteiger partial charge in [-0.2, -0.15) is 0 Å². The van der Waals surface area contributed by atoms with Crippen LogP contribution in [0.1, 0.15) is 32.6 Å². The summed E-state index contributed by atoms with van der Waals surface area (Å²) in [7, 11) is 0. The van der Waals surface area contributed by atoms with Crippen molar-refractivity contribution in [3.05, 3.63) is 0 Å². The Morgan fingerprint density at radius 2 is 1.95 bits per heavy atom. The van der Waals surface area contributed by atoms with Crippen LogP contribution in [-0.2, 0) is 14.3 Å². The summed E-state index contributed by atoms with van der Waals surface area (Å²) in [5.41, 5.74) is 3.80. The second kappa shape index (κ2) is 7.82. The SMILES string of the molecule is CCCCN(CC(N)=O)C(=O)NC1(C(=O)O)CCOCC1. The van der Waals surface area contributed by atoms with Crippen LogP contribution in [0.5, 0.6) is 0 Å². The molecule has 0 unspecified atom stereocenters. The summed E-state index contributed by atoms with van der Waals surface area (Å²) < 4.78 is 5.14. The first-order valence-corrected chi connectivity index (χ1v) is 7.08. The normalized spacial score (nSPS) is 17.0. The van der Waals surface area contributed by atoms with Crippen LogP contribution in [0.3, 0.4) is 0 Å². The highest BCUT2D eigenvalue weighted by Crippen LogP contribution is 2.21. The van der Waals surface area contributed by atoms with Gasteiger partial charge in [0, 0.05) is 32.6 Å². The molecule has 3 amide bonds. The molecule has 0 atom stereocenters. The molecule has 0 spiro atoms. The van der Waals surface area contributed by atoms with Crippen LogP contribution < -0.4 is 11.1 Å². The molecular formula is C13H23N3O5. The van der Waals surface area contributed by atoms with Crippen molar-refractivity contribution in [2.75, 3.05) is 26.3 Å². The van der Waals surface area contributed by atoms with E-state index in [0.29, 0.717) is 13.0 Å². The molecule has 0 aliphatic carbocycles. The minimum atomic E-state index is -1.34. The Labute approximate surface area is 123 Å². The molecule has 1 aliphatic heterocycles. The lowest BCUT2D eigenvalue weighted by Gasteiger charge is -2.35. The van der Waals surface area contributed by atoms with Crippen molar-refractivity contribution in [1.29, 1.82) is 0 Å². The molecule has 1 aliphatic rings. The number of aliphatic carboxylic acids is 1. The van der Waals surface area contributed by atoms with E-state index >= 15 is 0 Å². The van der Waals surface area contributed by atoms with E-state index < -0.39 is 23.4 Å². The Kier molecular flexibility index (Phi) is 6.41. The fourth-order valence-corrected chi connectivity index (χ4v) is 2.19. The summed E-state index contributed by atoms with van der Waals surface area (Å²) >= 11 is 0. The maximum atomic E-state index is 12.3. The minimum Gasteiger partial charge on any atom is -0.480 e. The summed E-state index contributed by atoms with van der Waals surface area (Å²) in [5.74, 6) is -1.72. The van der Waals surface area contributed by atoms with Gasteiger partial charge in [-0.15, -0.1) is 0 Å². The molecule has 0 aromatic rings. The van der Waals surface area contributed by atoms with Gasteiger partial charge in [0.1, 0.15) is 12.1 Å². The van der Waals surface area contributed by atoms with Crippen molar-refractivity contribution in [2.24, 2.45) is 5.73 Å². The zero-order chi connectivity index (χ0) is 15.9. The Bertz CT molecular complexity index is 393. The quantitative estimate of drug-likeness (QED) is 0.607. The number of carboxylic acids is 1. The molecule has 0 aromatic heterocycles. The number of amides is 3. The van der Waals surface area contributed by atoms with Crippen molar-refractivity contribution >= 4 is 17.9 Å². The number of primary amides is 1. The summed E-state index contributed by atoms with van der Waals surface area (Å²) in [6.45, 7) is 2.64. The predicted molar refractivity (Wildman–Crippen MR) is 74.6 cm³/mol. The number of ether oxygens (including phenoxy) is 1. The lowest BCUT2D eigenvalue weighted by atomic mass is 9.90. The highest BCUT2D eigenvalue weighted by molar-refractivity contribution is 5.88. The number of carboxylic acid groups (broad SMARTS) is 1. The van der Waals surface area contributed by atoms with Crippen molar-refractivity contribution in [3.8, 4) is 0 Å². The molecule has 0 saturated carbocycles. The molecule has 120 valence electrons. The van der Waals surface area contributed by atoms with Crippen molar-refractivity contribution < 1.29 is 24.2 Å². The van der Waals surface area contributed by atoms with E-state index in [-0.39, 0.29) is 32.6 Å². The Hall–Kier alpha value is -1.83. The monoisotopic (exact) mass is 301 g/mol. The summed E-state index contributed by atoms with van der Waals surface area (Å²) in [6.07, 6.45) is 1.96. The standard InChI is InChI=1S/C13H23N3O5/c1-2-3-6-16(9-10(14)17)12(20)15-13(11(18)19)4-7-21-8-5-13/h2-9H2,1H3,(H2,14,17)(H,15,20)(H,18,19). The van der Waals surface area contributed by atoms with Gasteiger partial charge in [-0.1, -0.05) is 13.3 Å². The number of hydrogen-bond acceptors (Lipinski definition) is 4. The number of urea groups is 1. The first kappa shape index (κ1) is 17.2. The van der Waals surface area contributed by atoms with Crippen LogP contribution >= 0.6 is 0 Å². The van der Waals surface area contributed by atoms with Gasteiger partial charge < -0.3 is 25.8 Å². The van der Waals surface area contributed by atoms with Gasteiger partial charge in [0.25, 0.3) is 0 Å². The number of rotatable bonds is 7. The first-order valence-electron chi connectivity index (χ1n) is 7.08. The second-order valence-electron chi connectivity index (χ2n) is 5.17. The van der Waals surface area contributed by atoms with Gasteiger partial charge in [-0.05, 0) is 6.42 Å². The van der Waals surface area contributed by atoms with Crippen LogP contribution in [0.2, 0.25) is 0 Å². The van der Waals surface area contributed by atoms with Crippen molar-refractivity contribution in [2.45, 2.75) is 38.1 Å². The number of unbranched alkanes of at least 4 members (excludes halogenated alkanes) is 1. The van der Waals surface area contributed by atoms with Gasteiger partial charge in [0.15, 0.2) is 0 Å². The fraction of sp³-hybridized carbons (Fsp3) is 0.769. The predicted octanol–water partition coefficient (Wildman–Crippen LogP) is -0.0828. The Morgan fingerprint density at radius 3 is 2.43 bits per heavy atom. The molecule has 0 radical (unpaired) electrons. The first-order chi connectivity index (χ1) is 9.91. The number of nitrogens with one attached hydrogen (secondary N) is 1. The molecule has 4 N–H and O–H groups in total. The number of nitrogens with two attached hydrogens (primary N) is 1. The molecule has 1 fully saturated rings. The number of carbonyl (C=O) groups excluding carboxylic acids is 2. The van der Waals surface area contributed by atoms with Crippen LogP contribution in [0.4, 0.5) is 4.79 Å². The third-order valence-corrected chi connectivity index (χ3v) is 3.52. The molecule has 1 rings (SSSR count). The fourth-order valence-electron chi connectivity index (χ4n) is 2.19. The molecule has 0 aromatic carbocycles. The largest absolute Gasteiger partial charge is 0.480 e. The second-order valence-corrected chi connectivity index (χ2v) is 5.17. The smallest absolute Gasteiger partial charge is 0.329 e. The zero-order valence-electron chi connectivity index (χ0n) is 12.3. The Morgan fingerprint density at radius 1 is 1.33 bits per heavy atom. The van der Waals surface area contributed by atoms with E-state index in [1.165, 1.54) is 4.90 Å². The van der Waals surface area contributed by atoms with Gasteiger partial charge >= 0.3 is 12.0 Å². The average Bonchev–Trinajstić information content (AvgIpc) is 2.43. The van der Waals surface area contributed by atoms with Gasteiger partial charge in [0.2, 0.25) is 5.91 Å². The highest BCUT2D eigenvalue weighted by atomic mass is 16.5. The van der Waals surface area contributed by atoms with E-state index in [1.807, 2.05) is 6.92 Å². The number of carbonyl (C=O) groups is 3. The van der Waals surface area contributed by atoms with E-state index in [0.717, 1.165) is 6.42 Å². The molecule has 8 heteroatoms. The molecule has 8 nitrogen and oxygen atoms in total. The summed E-state index contributed by atoms with van der Waals surface area (Å²) in [5, 5.41) is 11.9. The minimum absolute atomic E-state index is 0.201. The van der Waals surface area contributed by atoms with Crippen LogP contribution in [-0.4, -0.2) is 59.8 Å². The maximum Gasteiger partial charge on any atom is 0.329 e. The van der Waals surface area contributed by atoms with Gasteiger partial charge in [-0.25, -0.2) is 9.59 Å². The maximum absolute atomic E-state index is 12.3. The van der Waals surface area contributed by atoms with Crippen LogP contribution in [0.25, 0.3) is 0 Å². The number of hydrogen-bond donors (Lipinski definition) is 3. The molecular weight excluding hydrogens is 278 g/mol. The highest BCUT2D eigenvalue weighted by Gasteiger charge is 2.42. The number of nitrogens with zero attached hydrogens (tertiary/aromatic N) is 1. The zero-order valence-corrected chi connectivity index (χ0v) is 12.3. The lowest BCUT2D eigenvalue weighted by Crippen LogP contribution is -2.60. The van der Waals surface area contributed by atoms with E-state index in [2.05, 4.69) is 5.32 Å². The third-order valence-electron chi connectivity index (χ3n) is 3.52. The average molecular weight is 301 g/mol. The van der Waals surface area contributed by atoms with Crippen LogP contribution in [0.15, 0.2) is 0 Å². The van der Waals surface area contributed by atoms with Crippen LogP contribution in [0, 0.1) is 0 Å². The molecule has 1 saturated heterocycles. The van der Waals surface area contributed by atoms with Crippen molar-refractivity contribution in [1.82, 2.24) is 10.2 Å². The molecule has 0 bridgehead atoms. The van der Waals surface area contributed by atoms with E-state index in [1.54, 1.807) is 0 Å². The molecule has 21 heavy (non-hydrogen) atoms. The topological polar surface area (TPSA) is 122 Å². The van der Waals surface area contributed by atoms with Gasteiger partial charge in [0.05, 0.1) is 0 Å². The van der Waals surface area contributed by atoms with E-state index in [4.69, 9.17) is 10.5 Å².